The van der Waals surface area contributed by atoms with E-state index in [4.69, 9.17) is 5.11 Å². The fourth-order valence-electron chi connectivity index (χ4n) is 1.70. The number of nitrogens with one attached hydrogen (secondary N) is 1. The summed E-state index contributed by atoms with van der Waals surface area (Å²) in [6.45, 7) is 2.03. The van der Waals surface area contributed by atoms with E-state index in [2.05, 4.69) is 15.5 Å². The molecule has 2 N–H and O–H groups in total. The molecule has 17 heavy (non-hydrogen) atoms. The van der Waals surface area contributed by atoms with Gasteiger partial charge in [-0.1, -0.05) is 13.3 Å². The van der Waals surface area contributed by atoms with Gasteiger partial charge in [-0.15, -0.1) is 5.10 Å². The molecule has 1 aromatic heterocycles. The second kappa shape index (κ2) is 5.12. The Morgan fingerprint density at radius 2 is 2.29 bits per heavy atom. The van der Waals surface area contributed by atoms with Crippen LogP contribution in [0.15, 0.2) is 12.1 Å². The molecular formula is C12H17N3O2. The maximum atomic E-state index is 10.6. The Morgan fingerprint density at radius 1 is 1.53 bits per heavy atom. The molecule has 5 nitrogen and oxygen atoms in total. The highest BCUT2D eigenvalue weighted by Gasteiger charge is 2.21. The zero-order valence-electron chi connectivity index (χ0n) is 9.89. The molecule has 1 fully saturated rings. The fourth-order valence-corrected chi connectivity index (χ4v) is 1.70. The van der Waals surface area contributed by atoms with Crippen molar-refractivity contribution in [2.45, 2.75) is 32.1 Å². The fraction of sp³-hybridized carbons (Fsp3) is 0.583. The molecule has 0 saturated heterocycles. The van der Waals surface area contributed by atoms with Gasteiger partial charge in [0.15, 0.2) is 0 Å². The van der Waals surface area contributed by atoms with Gasteiger partial charge in [0, 0.05) is 12.5 Å². The minimum absolute atomic E-state index is 0.368. The van der Waals surface area contributed by atoms with Crippen LogP contribution in [0.3, 0.4) is 0 Å². The van der Waals surface area contributed by atoms with Crippen LogP contribution in [0.2, 0.25) is 0 Å². The zero-order valence-corrected chi connectivity index (χ0v) is 9.89. The molecule has 1 heterocycles. The van der Waals surface area contributed by atoms with E-state index >= 15 is 0 Å². The maximum Gasteiger partial charge on any atom is 0.308 e. The summed E-state index contributed by atoms with van der Waals surface area (Å²) in [6.07, 6.45) is 3.69. The molecule has 1 saturated carbocycles. The number of anilines is 1. The van der Waals surface area contributed by atoms with E-state index < -0.39 is 11.9 Å². The van der Waals surface area contributed by atoms with Gasteiger partial charge in [0.1, 0.15) is 5.82 Å². The minimum Gasteiger partial charge on any atom is -0.481 e. The Hall–Kier alpha value is -1.65. The SMILES string of the molecule is CC(CNc1ccc(C2CCC2)nn1)C(=O)O. The van der Waals surface area contributed by atoms with Crippen LogP contribution >= 0.6 is 0 Å². The van der Waals surface area contributed by atoms with E-state index in [1.165, 1.54) is 19.3 Å². The predicted octanol–water partition coefficient (Wildman–Crippen LogP) is 1.88. The Bertz CT molecular complexity index is 387. The molecule has 1 atom stereocenters. The highest BCUT2D eigenvalue weighted by molar-refractivity contribution is 5.70. The van der Waals surface area contributed by atoms with Gasteiger partial charge in [-0.2, -0.15) is 5.10 Å². The van der Waals surface area contributed by atoms with Gasteiger partial charge < -0.3 is 10.4 Å². The number of rotatable bonds is 5. The first-order valence-electron chi connectivity index (χ1n) is 5.97. The van der Waals surface area contributed by atoms with Crippen molar-refractivity contribution in [3.8, 4) is 0 Å². The van der Waals surface area contributed by atoms with E-state index in [-0.39, 0.29) is 0 Å². The number of hydrogen-bond acceptors (Lipinski definition) is 4. The van der Waals surface area contributed by atoms with Gasteiger partial charge in [-0.25, -0.2) is 0 Å². The Balaban J connectivity index is 1.87. The third-order valence-electron chi connectivity index (χ3n) is 3.22. The number of carbonyl (C=O) groups is 1. The lowest BCUT2D eigenvalue weighted by Crippen LogP contribution is -2.20. The van der Waals surface area contributed by atoms with Crippen LogP contribution in [0, 0.1) is 5.92 Å². The van der Waals surface area contributed by atoms with E-state index in [0.29, 0.717) is 18.3 Å². The van der Waals surface area contributed by atoms with Crippen LogP contribution in [0.25, 0.3) is 0 Å². The summed E-state index contributed by atoms with van der Waals surface area (Å²) in [4.78, 5) is 10.6. The van der Waals surface area contributed by atoms with Crippen LogP contribution in [-0.2, 0) is 4.79 Å². The van der Waals surface area contributed by atoms with E-state index in [1.807, 2.05) is 12.1 Å². The predicted molar refractivity (Wildman–Crippen MR) is 63.9 cm³/mol. The topological polar surface area (TPSA) is 75.1 Å². The average molecular weight is 235 g/mol. The van der Waals surface area contributed by atoms with Crippen molar-refractivity contribution in [1.82, 2.24) is 10.2 Å². The monoisotopic (exact) mass is 235 g/mol. The average Bonchev–Trinajstić information content (AvgIpc) is 2.25. The summed E-state index contributed by atoms with van der Waals surface area (Å²) < 4.78 is 0. The third kappa shape index (κ3) is 2.93. The summed E-state index contributed by atoms with van der Waals surface area (Å²) in [5.74, 6) is -0.0182. The van der Waals surface area contributed by atoms with Gasteiger partial charge in [0.2, 0.25) is 0 Å². The van der Waals surface area contributed by atoms with Gasteiger partial charge >= 0.3 is 5.97 Å². The highest BCUT2D eigenvalue weighted by atomic mass is 16.4. The number of carboxylic acids is 1. The van der Waals surface area contributed by atoms with Crippen molar-refractivity contribution in [3.63, 3.8) is 0 Å². The van der Waals surface area contributed by atoms with E-state index in [9.17, 15) is 4.79 Å². The standard InChI is InChI=1S/C12H17N3O2/c1-8(12(16)17)7-13-11-6-5-10(14-15-11)9-3-2-4-9/h5-6,8-9H,2-4,7H2,1H3,(H,13,15)(H,16,17). The molecule has 0 bridgehead atoms. The zero-order chi connectivity index (χ0) is 12.3. The second-order valence-electron chi connectivity index (χ2n) is 4.59. The van der Waals surface area contributed by atoms with Gasteiger partial charge in [-0.3, -0.25) is 4.79 Å². The van der Waals surface area contributed by atoms with Crippen LogP contribution < -0.4 is 5.32 Å². The Kier molecular flexibility index (Phi) is 3.56. The largest absolute Gasteiger partial charge is 0.481 e. The Labute approximate surface area is 100 Å². The van der Waals surface area contributed by atoms with Crippen molar-refractivity contribution in [2.24, 2.45) is 5.92 Å². The molecule has 2 rings (SSSR count). The van der Waals surface area contributed by atoms with Crippen LogP contribution in [0.5, 0.6) is 0 Å². The van der Waals surface area contributed by atoms with Crippen molar-refractivity contribution < 1.29 is 9.90 Å². The lowest BCUT2D eigenvalue weighted by Gasteiger charge is -2.24. The van der Waals surface area contributed by atoms with Crippen molar-refractivity contribution >= 4 is 11.8 Å². The lowest BCUT2D eigenvalue weighted by atomic mass is 9.83. The number of aliphatic carboxylic acids is 1. The molecule has 1 unspecified atom stereocenters. The number of carboxylic acid groups (broad SMARTS) is 1. The quantitative estimate of drug-likeness (QED) is 0.815. The first-order valence-corrected chi connectivity index (χ1v) is 5.97. The molecule has 0 aliphatic heterocycles. The number of nitrogens with zero attached hydrogens (tertiary/aromatic N) is 2. The molecule has 0 aromatic carbocycles. The summed E-state index contributed by atoms with van der Waals surface area (Å²) in [6, 6.07) is 3.85. The van der Waals surface area contributed by atoms with Gasteiger partial charge in [-0.05, 0) is 25.0 Å². The molecule has 0 amide bonds. The third-order valence-corrected chi connectivity index (χ3v) is 3.22. The molecule has 0 spiro atoms. The smallest absolute Gasteiger partial charge is 0.308 e. The molecule has 0 radical (unpaired) electrons. The summed E-state index contributed by atoms with van der Waals surface area (Å²) in [5.41, 5.74) is 1.05. The van der Waals surface area contributed by atoms with Crippen molar-refractivity contribution in [3.05, 3.63) is 17.8 Å². The van der Waals surface area contributed by atoms with Gasteiger partial charge in [0.25, 0.3) is 0 Å². The summed E-state index contributed by atoms with van der Waals surface area (Å²) in [7, 11) is 0. The van der Waals surface area contributed by atoms with Crippen LogP contribution in [0.1, 0.15) is 37.8 Å². The Morgan fingerprint density at radius 3 is 2.76 bits per heavy atom. The normalized spacial score (nSPS) is 17.2. The molecule has 1 aromatic rings. The molecule has 92 valence electrons. The van der Waals surface area contributed by atoms with Crippen LogP contribution in [-0.4, -0.2) is 27.8 Å². The number of hydrogen-bond donors (Lipinski definition) is 2. The highest BCUT2D eigenvalue weighted by Crippen LogP contribution is 2.34. The molecule has 5 heteroatoms. The lowest BCUT2D eigenvalue weighted by molar-refractivity contribution is -0.140. The molecule has 1 aliphatic rings. The first-order chi connectivity index (χ1) is 8.16. The summed E-state index contributed by atoms with van der Waals surface area (Å²) >= 11 is 0. The molecule has 1 aliphatic carbocycles. The number of aromatic nitrogens is 2. The van der Waals surface area contributed by atoms with E-state index in [0.717, 1.165) is 5.69 Å². The van der Waals surface area contributed by atoms with Crippen molar-refractivity contribution in [1.29, 1.82) is 0 Å². The second-order valence-corrected chi connectivity index (χ2v) is 4.59. The van der Waals surface area contributed by atoms with Crippen LogP contribution in [0.4, 0.5) is 5.82 Å². The minimum atomic E-state index is -0.809. The summed E-state index contributed by atoms with van der Waals surface area (Å²) in [5, 5.41) is 19.9. The first kappa shape index (κ1) is 11.8. The van der Waals surface area contributed by atoms with E-state index in [1.54, 1.807) is 6.92 Å². The maximum absolute atomic E-state index is 10.6. The van der Waals surface area contributed by atoms with Crippen molar-refractivity contribution in [2.75, 3.05) is 11.9 Å². The molecular weight excluding hydrogens is 218 g/mol. The van der Waals surface area contributed by atoms with Gasteiger partial charge in [0.05, 0.1) is 11.6 Å².